The minimum Gasteiger partial charge on any atom is -0.481 e. The number of carboxylic acids is 1. The van der Waals surface area contributed by atoms with E-state index in [1.54, 1.807) is 4.90 Å². The monoisotopic (exact) mass is 316 g/mol. The van der Waals surface area contributed by atoms with Gasteiger partial charge in [-0.2, -0.15) is 0 Å². The van der Waals surface area contributed by atoms with Gasteiger partial charge in [0.1, 0.15) is 0 Å². The van der Waals surface area contributed by atoms with Gasteiger partial charge in [-0.05, 0) is 43.7 Å². The second-order valence-electron chi connectivity index (χ2n) is 6.96. The highest BCUT2D eigenvalue weighted by molar-refractivity contribution is 5.80. The van der Waals surface area contributed by atoms with Crippen LogP contribution in [0.1, 0.15) is 43.4 Å². The Kier molecular flexibility index (Phi) is 4.04. The van der Waals surface area contributed by atoms with Crippen LogP contribution in [0, 0.1) is 18.3 Å². The van der Waals surface area contributed by atoms with Gasteiger partial charge < -0.3 is 15.3 Å². The van der Waals surface area contributed by atoms with Crippen molar-refractivity contribution in [1.82, 2.24) is 10.2 Å². The molecule has 1 aromatic rings. The molecule has 1 aliphatic heterocycles. The smallest absolute Gasteiger partial charge is 0.317 e. The molecule has 5 nitrogen and oxygen atoms in total. The lowest BCUT2D eigenvalue weighted by Gasteiger charge is -2.25. The first-order chi connectivity index (χ1) is 10.9. The first-order valence-electron chi connectivity index (χ1n) is 8.28. The molecule has 3 rings (SSSR count). The van der Waals surface area contributed by atoms with E-state index in [2.05, 4.69) is 5.32 Å². The fourth-order valence-electron chi connectivity index (χ4n) is 4.22. The maximum absolute atomic E-state index is 12.6. The highest BCUT2D eigenvalue weighted by Crippen LogP contribution is 2.48. The van der Waals surface area contributed by atoms with Crippen LogP contribution in [-0.2, 0) is 4.79 Å². The number of rotatable bonds is 3. The molecule has 0 bridgehead atoms. The van der Waals surface area contributed by atoms with E-state index in [9.17, 15) is 14.7 Å². The predicted octanol–water partition coefficient (Wildman–Crippen LogP) is 2.95. The molecule has 2 fully saturated rings. The maximum Gasteiger partial charge on any atom is 0.317 e. The van der Waals surface area contributed by atoms with Crippen LogP contribution in [0.25, 0.3) is 0 Å². The lowest BCUT2D eigenvalue weighted by atomic mass is 9.81. The van der Waals surface area contributed by atoms with Crippen LogP contribution in [0.5, 0.6) is 0 Å². The molecule has 2 amide bonds. The third-order valence-corrected chi connectivity index (χ3v) is 5.58. The number of aryl methyl sites for hydroxylation is 1. The first-order valence-corrected chi connectivity index (χ1v) is 8.28. The number of hydrogen-bond acceptors (Lipinski definition) is 2. The molecule has 1 aromatic carbocycles. The number of nitrogens with zero attached hydrogens (tertiary/aromatic N) is 1. The molecule has 5 heteroatoms. The Balaban J connectivity index is 1.68. The standard InChI is InChI=1S/C18H24N2O3/c1-12-6-3-4-8-15(12)13(2)19-17(23)20-10-14-7-5-9-18(14,11-20)16(21)22/h3-4,6,8,13-14H,5,7,9-11H2,1-2H3,(H,19,23)(H,21,22)/t13?,14-,18+/m0/s1. The lowest BCUT2D eigenvalue weighted by molar-refractivity contribution is -0.149. The average molecular weight is 316 g/mol. The molecular formula is C18H24N2O3. The average Bonchev–Trinajstić information content (AvgIpc) is 3.05. The van der Waals surface area contributed by atoms with E-state index in [0.717, 1.165) is 24.0 Å². The Morgan fingerprint density at radius 1 is 1.39 bits per heavy atom. The van der Waals surface area contributed by atoms with Crippen molar-refractivity contribution in [3.63, 3.8) is 0 Å². The van der Waals surface area contributed by atoms with Gasteiger partial charge >= 0.3 is 12.0 Å². The number of amides is 2. The van der Waals surface area contributed by atoms with Crippen LogP contribution in [0.15, 0.2) is 24.3 Å². The van der Waals surface area contributed by atoms with Crippen molar-refractivity contribution in [2.75, 3.05) is 13.1 Å². The van der Waals surface area contributed by atoms with Gasteiger partial charge in [0.05, 0.1) is 11.5 Å². The molecule has 0 aromatic heterocycles. The van der Waals surface area contributed by atoms with Gasteiger partial charge in [-0.25, -0.2) is 4.79 Å². The van der Waals surface area contributed by atoms with E-state index < -0.39 is 11.4 Å². The van der Waals surface area contributed by atoms with E-state index in [4.69, 9.17) is 0 Å². The van der Waals surface area contributed by atoms with Gasteiger partial charge in [0.15, 0.2) is 0 Å². The summed E-state index contributed by atoms with van der Waals surface area (Å²) >= 11 is 0. The highest BCUT2D eigenvalue weighted by Gasteiger charge is 2.55. The Labute approximate surface area is 136 Å². The van der Waals surface area contributed by atoms with Crippen LogP contribution >= 0.6 is 0 Å². The van der Waals surface area contributed by atoms with Crippen LogP contribution in [0.4, 0.5) is 4.79 Å². The van der Waals surface area contributed by atoms with E-state index >= 15 is 0 Å². The van der Waals surface area contributed by atoms with E-state index in [-0.39, 0.29) is 18.0 Å². The number of aliphatic carboxylic acids is 1. The number of fused-ring (bicyclic) bond motifs is 1. The molecule has 1 unspecified atom stereocenters. The number of carbonyl (C=O) groups is 2. The minimum absolute atomic E-state index is 0.0927. The summed E-state index contributed by atoms with van der Waals surface area (Å²) in [7, 11) is 0. The molecule has 1 saturated heterocycles. The van der Waals surface area contributed by atoms with Gasteiger partial charge in [-0.3, -0.25) is 4.79 Å². The van der Waals surface area contributed by atoms with Crippen molar-refractivity contribution in [1.29, 1.82) is 0 Å². The third-order valence-electron chi connectivity index (χ3n) is 5.58. The number of nitrogens with one attached hydrogen (secondary N) is 1. The van der Waals surface area contributed by atoms with Gasteiger partial charge in [0.25, 0.3) is 0 Å². The molecule has 0 radical (unpaired) electrons. The number of benzene rings is 1. The number of urea groups is 1. The summed E-state index contributed by atoms with van der Waals surface area (Å²) in [6.45, 7) is 4.87. The summed E-state index contributed by atoms with van der Waals surface area (Å²) in [5.74, 6) is -0.651. The lowest BCUT2D eigenvalue weighted by Crippen LogP contribution is -2.42. The van der Waals surface area contributed by atoms with Gasteiger partial charge in [-0.1, -0.05) is 30.7 Å². The van der Waals surface area contributed by atoms with E-state index in [1.807, 2.05) is 38.1 Å². The zero-order valence-electron chi connectivity index (χ0n) is 13.7. The van der Waals surface area contributed by atoms with Crippen molar-refractivity contribution in [3.05, 3.63) is 35.4 Å². The predicted molar refractivity (Wildman–Crippen MR) is 87.1 cm³/mol. The zero-order valence-corrected chi connectivity index (χ0v) is 13.7. The molecule has 3 atom stereocenters. The Hall–Kier alpha value is -2.04. The van der Waals surface area contributed by atoms with Crippen molar-refractivity contribution in [2.24, 2.45) is 11.3 Å². The topological polar surface area (TPSA) is 69.6 Å². The Morgan fingerprint density at radius 3 is 2.78 bits per heavy atom. The van der Waals surface area contributed by atoms with Crippen LogP contribution in [0.2, 0.25) is 0 Å². The highest BCUT2D eigenvalue weighted by atomic mass is 16.4. The van der Waals surface area contributed by atoms with E-state index in [1.165, 1.54) is 0 Å². The summed E-state index contributed by atoms with van der Waals surface area (Å²) in [5.41, 5.74) is 1.51. The fourth-order valence-corrected chi connectivity index (χ4v) is 4.22. The minimum atomic E-state index is -0.748. The number of likely N-dealkylation sites (tertiary alicyclic amines) is 1. The largest absolute Gasteiger partial charge is 0.481 e. The third kappa shape index (κ3) is 2.69. The normalized spacial score (nSPS) is 27.6. The van der Waals surface area contributed by atoms with Gasteiger partial charge in [0, 0.05) is 13.1 Å². The summed E-state index contributed by atoms with van der Waals surface area (Å²) in [6.07, 6.45) is 2.54. The molecule has 0 spiro atoms. The van der Waals surface area contributed by atoms with Gasteiger partial charge in [-0.15, -0.1) is 0 Å². The van der Waals surface area contributed by atoms with Crippen LogP contribution < -0.4 is 5.32 Å². The Bertz CT molecular complexity index is 630. The van der Waals surface area contributed by atoms with E-state index in [0.29, 0.717) is 19.5 Å². The molecule has 23 heavy (non-hydrogen) atoms. The summed E-state index contributed by atoms with van der Waals surface area (Å²) in [6, 6.07) is 7.73. The van der Waals surface area contributed by atoms with Crippen molar-refractivity contribution >= 4 is 12.0 Å². The molecule has 2 N–H and O–H groups in total. The molecule has 124 valence electrons. The Morgan fingerprint density at radius 2 is 2.13 bits per heavy atom. The zero-order chi connectivity index (χ0) is 16.6. The fraction of sp³-hybridized carbons (Fsp3) is 0.556. The quantitative estimate of drug-likeness (QED) is 0.901. The summed E-state index contributed by atoms with van der Waals surface area (Å²) in [4.78, 5) is 25.9. The summed E-state index contributed by atoms with van der Waals surface area (Å²) in [5, 5.41) is 12.6. The number of carbonyl (C=O) groups excluding carboxylic acids is 1. The van der Waals surface area contributed by atoms with Crippen molar-refractivity contribution in [3.8, 4) is 0 Å². The van der Waals surface area contributed by atoms with Crippen molar-refractivity contribution in [2.45, 2.75) is 39.2 Å². The molecule has 1 heterocycles. The number of hydrogen-bond donors (Lipinski definition) is 2. The maximum atomic E-state index is 12.6. The van der Waals surface area contributed by atoms with Gasteiger partial charge in [0.2, 0.25) is 0 Å². The van der Waals surface area contributed by atoms with Crippen LogP contribution in [-0.4, -0.2) is 35.1 Å². The summed E-state index contributed by atoms with van der Waals surface area (Å²) < 4.78 is 0. The number of carboxylic acid groups (broad SMARTS) is 1. The first kappa shape index (κ1) is 15.8. The molecule has 2 aliphatic rings. The molecule has 1 saturated carbocycles. The SMILES string of the molecule is Cc1ccccc1C(C)NC(=O)N1C[C@@H]2CCC[C@@]2(C(=O)O)C1. The second-order valence-corrected chi connectivity index (χ2v) is 6.96. The van der Waals surface area contributed by atoms with Crippen molar-refractivity contribution < 1.29 is 14.7 Å². The second kappa shape index (κ2) is 5.87. The molecular weight excluding hydrogens is 292 g/mol. The van der Waals surface area contributed by atoms with Crippen LogP contribution in [0.3, 0.4) is 0 Å². The molecule has 1 aliphatic carbocycles.